The molecule has 2 N–H and O–H groups in total. The number of carboxylic acid groups (broad SMARTS) is 1. The summed E-state index contributed by atoms with van der Waals surface area (Å²) in [5.41, 5.74) is 3.79. The number of hydrogen-bond acceptors (Lipinski definition) is 2. The molecule has 0 aliphatic rings. The first kappa shape index (κ1) is 17.7. The predicted octanol–water partition coefficient (Wildman–Crippen LogP) is 4.14. The van der Waals surface area contributed by atoms with Gasteiger partial charge in [-0.15, -0.1) is 0 Å². The number of carbonyl (C=O) groups is 2. The van der Waals surface area contributed by atoms with E-state index < -0.39 is 5.97 Å². The third-order valence-corrected chi connectivity index (χ3v) is 4.07. The molecule has 2 aromatic rings. The Morgan fingerprint density at radius 3 is 2.21 bits per heavy atom. The van der Waals surface area contributed by atoms with Gasteiger partial charge in [-0.1, -0.05) is 48.9 Å². The highest BCUT2D eigenvalue weighted by Crippen LogP contribution is 2.24. The summed E-state index contributed by atoms with van der Waals surface area (Å²) in [4.78, 5) is 23.0. The molecule has 4 heteroatoms. The molecule has 0 heterocycles. The van der Waals surface area contributed by atoms with Gasteiger partial charge < -0.3 is 10.4 Å². The van der Waals surface area contributed by atoms with E-state index in [-0.39, 0.29) is 18.2 Å². The summed E-state index contributed by atoms with van der Waals surface area (Å²) < 4.78 is 0. The standard InChI is InChI=1S/C20H23NO3/c1-3-16(17-8-4-14(2)5-9-17)13-19(22)21-18-10-6-15(7-11-18)12-20(23)24/h4-11,16H,3,12-13H2,1-2H3,(H,21,22)(H,23,24). The molecular formula is C20H23NO3. The van der Waals surface area contributed by atoms with Crippen molar-refractivity contribution < 1.29 is 14.7 Å². The van der Waals surface area contributed by atoms with Gasteiger partial charge in [-0.3, -0.25) is 9.59 Å². The minimum Gasteiger partial charge on any atom is -0.481 e. The summed E-state index contributed by atoms with van der Waals surface area (Å²) in [6.45, 7) is 4.13. The number of carbonyl (C=O) groups excluding carboxylic acids is 1. The molecule has 4 nitrogen and oxygen atoms in total. The van der Waals surface area contributed by atoms with E-state index >= 15 is 0 Å². The summed E-state index contributed by atoms with van der Waals surface area (Å²) in [6, 6.07) is 15.2. The highest BCUT2D eigenvalue weighted by atomic mass is 16.4. The largest absolute Gasteiger partial charge is 0.481 e. The maximum Gasteiger partial charge on any atom is 0.307 e. The second kappa shape index (κ2) is 8.29. The summed E-state index contributed by atoms with van der Waals surface area (Å²) in [5.74, 6) is -0.707. The maximum atomic E-state index is 12.3. The van der Waals surface area contributed by atoms with Crippen molar-refractivity contribution in [2.45, 2.75) is 39.0 Å². The van der Waals surface area contributed by atoms with Gasteiger partial charge in [-0.2, -0.15) is 0 Å². The van der Waals surface area contributed by atoms with Crippen molar-refractivity contribution in [3.8, 4) is 0 Å². The molecule has 1 unspecified atom stereocenters. The second-order valence-electron chi connectivity index (χ2n) is 6.04. The third-order valence-electron chi connectivity index (χ3n) is 4.07. The average Bonchev–Trinajstić information content (AvgIpc) is 2.55. The van der Waals surface area contributed by atoms with E-state index in [1.165, 1.54) is 11.1 Å². The van der Waals surface area contributed by atoms with Crippen molar-refractivity contribution in [1.29, 1.82) is 0 Å². The van der Waals surface area contributed by atoms with Gasteiger partial charge in [-0.05, 0) is 42.5 Å². The maximum absolute atomic E-state index is 12.3. The molecule has 0 fully saturated rings. The van der Waals surface area contributed by atoms with E-state index in [2.05, 4.69) is 36.5 Å². The Labute approximate surface area is 142 Å². The van der Waals surface area contributed by atoms with E-state index in [1.807, 2.05) is 6.92 Å². The molecule has 2 rings (SSSR count). The van der Waals surface area contributed by atoms with Crippen LogP contribution in [-0.2, 0) is 16.0 Å². The topological polar surface area (TPSA) is 66.4 Å². The number of amides is 1. The molecule has 2 aromatic carbocycles. The summed E-state index contributed by atoms with van der Waals surface area (Å²) in [5, 5.41) is 11.6. The van der Waals surface area contributed by atoms with Crippen molar-refractivity contribution >= 4 is 17.6 Å². The van der Waals surface area contributed by atoms with Crippen LogP contribution in [0.4, 0.5) is 5.69 Å². The summed E-state index contributed by atoms with van der Waals surface area (Å²) >= 11 is 0. The number of benzene rings is 2. The lowest BCUT2D eigenvalue weighted by atomic mass is 9.92. The monoisotopic (exact) mass is 325 g/mol. The van der Waals surface area contributed by atoms with Crippen LogP contribution in [-0.4, -0.2) is 17.0 Å². The van der Waals surface area contributed by atoms with E-state index in [0.29, 0.717) is 17.7 Å². The number of aryl methyl sites for hydroxylation is 1. The van der Waals surface area contributed by atoms with Crippen LogP contribution in [0.15, 0.2) is 48.5 Å². The smallest absolute Gasteiger partial charge is 0.307 e. The minimum absolute atomic E-state index is 0.0143. The van der Waals surface area contributed by atoms with Crippen LogP contribution >= 0.6 is 0 Å². The van der Waals surface area contributed by atoms with Crippen LogP contribution in [0.25, 0.3) is 0 Å². The molecule has 0 aliphatic carbocycles. The molecule has 1 atom stereocenters. The fourth-order valence-corrected chi connectivity index (χ4v) is 2.65. The normalized spacial score (nSPS) is 11.8. The number of hydrogen-bond donors (Lipinski definition) is 2. The van der Waals surface area contributed by atoms with Gasteiger partial charge >= 0.3 is 5.97 Å². The lowest BCUT2D eigenvalue weighted by Gasteiger charge is -2.15. The van der Waals surface area contributed by atoms with E-state index in [0.717, 1.165) is 6.42 Å². The van der Waals surface area contributed by atoms with Crippen molar-refractivity contribution in [1.82, 2.24) is 0 Å². The third kappa shape index (κ3) is 5.23. The highest BCUT2D eigenvalue weighted by Gasteiger charge is 2.14. The molecule has 126 valence electrons. The predicted molar refractivity (Wildman–Crippen MR) is 95.2 cm³/mol. The van der Waals surface area contributed by atoms with Crippen LogP contribution in [0.1, 0.15) is 42.4 Å². The molecule has 0 aromatic heterocycles. The molecule has 1 amide bonds. The van der Waals surface area contributed by atoms with Crippen LogP contribution < -0.4 is 5.32 Å². The van der Waals surface area contributed by atoms with Crippen molar-refractivity contribution in [3.63, 3.8) is 0 Å². The molecule has 0 spiro atoms. The SMILES string of the molecule is CCC(CC(=O)Nc1ccc(CC(=O)O)cc1)c1ccc(C)cc1. The van der Waals surface area contributed by atoms with Gasteiger partial charge in [0.15, 0.2) is 0 Å². The number of anilines is 1. The first-order valence-corrected chi connectivity index (χ1v) is 8.15. The number of nitrogens with one attached hydrogen (secondary N) is 1. The lowest BCUT2D eigenvalue weighted by Crippen LogP contribution is -2.15. The lowest BCUT2D eigenvalue weighted by molar-refractivity contribution is -0.136. The molecular weight excluding hydrogens is 302 g/mol. The van der Waals surface area contributed by atoms with Gasteiger partial charge in [0.1, 0.15) is 0 Å². The Kier molecular flexibility index (Phi) is 6.13. The van der Waals surface area contributed by atoms with Crippen molar-refractivity contribution in [2.75, 3.05) is 5.32 Å². The first-order chi connectivity index (χ1) is 11.5. The number of rotatable bonds is 7. The minimum atomic E-state index is -0.865. The zero-order valence-corrected chi connectivity index (χ0v) is 14.1. The van der Waals surface area contributed by atoms with Gasteiger partial charge in [0.05, 0.1) is 6.42 Å². The Balaban J connectivity index is 1.96. The van der Waals surface area contributed by atoms with Gasteiger partial charge in [0.25, 0.3) is 0 Å². The Morgan fingerprint density at radius 2 is 1.67 bits per heavy atom. The van der Waals surface area contributed by atoms with Crippen molar-refractivity contribution in [3.05, 3.63) is 65.2 Å². The van der Waals surface area contributed by atoms with Crippen LogP contribution in [0.2, 0.25) is 0 Å². The second-order valence-corrected chi connectivity index (χ2v) is 6.04. The fourth-order valence-electron chi connectivity index (χ4n) is 2.65. The summed E-state index contributed by atoms with van der Waals surface area (Å²) in [6.07, 6.45) is 1.31. The van der Waals surface area contributed by atoms with Crippen LogP contribution in [0.5, 0.6) is 0 Å². The molecule has 0 radical (unpaired) electrons. The van der Waals surface area contributed by atoms with E-state index in [9.17, 15) is 9.59 Å². The Hall–Kier alpha value is -2.62. The van der Waals surface area contributed by atoms with Crippen LogP contribution in [0.3, 0.4) is 0 Å². The van der Waals surface area contributed by atoms with Crippen molar-refractivity contribution in [2.24, 2.45) is 0 Å². The number of aliphatic carboxylic acids is 1. The molecule has 0 saturated heterocycles. The zero-order valence-electron chi connectivity index (χ0n) is 14.1. The highest BCUT2D eigenvalue weighted by molar-refractivity contribution is 5.91. The van der Waals surface area contributed by atoms with Gasteiger partial charge in [0.2, 0.25) is 5.91 Å². The Bertz CT molecular complexity index is 690. The Morgan fingerprint density at radius 1 is 1.04 bits per heavy atom. The molecule has 0 bridgehead atoms. The zero-order chi connectivity index (χ0) is 17.5. The number of carboxylic acids is 1. The molecule has 0 saturated carbocycles. The van der Waals surface area contributed by atoms with E-state index in [4.69, 9.17) is 5.11 Å². The van der Waals surface area contributed by atoms with Crippen LogP contribution in [0, 0.1) is 6.92 Å². The molecule has 24 heavy (non-hydrogen) atoms. The average molecular weight is 325 g/mol. The quantitative estimate of drug-likeness (QED) is 0.804. The summed E-state index contributed by atoms with van der Waals surface area (Å²) in [7, 11) is 0. The molecule has 0 aliphatic heterocycles. The van der Waals surface area contributed by atoms with Gasteiger partial charge in [0, 0.05) is 12.1 Å². The first-order valence-electron chi connectivity index (χ1n) is 8.15. The fraction of sp³-hybridized carbons (Fsp3) is 0.300. The van der Waals surface area contributed by atoms with E-state index in [1.54, 1.807) is 24.3 Å². The van der Waals surface area contributed by atoms with Gasteiger partial charge in [-0.25, -0.2) is 0 Å².